The van der Waals surface area contributed by atoms with Crippen LogP contribution in [-0.4, -0.2) is 37.5 Å². The first-order chi connectivity index (χ1) is 12.9. The summed E-state index contributed by atoms with van der Waals surface area (Å²) >= 11 is 0. The monoisotopic (exact) mass is 368 g/mol. The third kappa shape index (κ3) is 3.59. The van der Waals surface area contributed by atoms with E-state index < -0.39 is 23.1 Å². The lowest BCUT2D eigenvalue weighted by Crippen LogP contribution is -2.38. The number of rotatable bonds is 4. The zero-order chi connectivity index (χ0) is 19.6. The van der Waals surface area contributed by atoms with Crippen LogP contribution in [0.3, 0.4) is 0 Å². The fourth-order valence-corrected chi connectivity index (χ4v) is 2.46. The first-order valence-electron chi connectivity index (χ1n) is 7.94. The molecule has 0 aromatic carbocycles. The summed E-state index contributed by atoms with van der Waals surface area (Å²) in [5.74, 6) is -0.697. The minimum absolute atomic E-state index is 0.0172. The van der Waals surface area contributed by atoms with E-state index >= 15 is 0 Å². The van der Waals surface area contributed by atoms with Gasteiger partial charge in [0.05, 0.1) is 11.9 Å². The topological polar surface area (TPSA) is 128 Å². The number of pyridine rings is 2. The second kappa shape index (κ2) is 7.20. The largest absolute Gasteiger partial charge is 0.342 e. The maximum Gasteiger partial charge on any atom is 0.332 e. The van der Waals surface area contributed by atoms with Crippen molar-refractivity contribution in [3.05, 3.63) is 63.1 Å². The maximum absolute atomic E-state index is 12.3. The first-order valence-corrected chi connectivity index (χ1v) is 7.94. The van der Waals surface area contributed by atoms with E-state index in [1.807, 2.05) is 0 Å². The molecule has 0 aliphatic rings. The van der Waals surface area contributed by atoms with Crippen LogP contribution in [0.1, 0.15) is 10.5 Å². The Kier molecular flexibility index (Phi) is 4.79. The lowest BCUT2D eigenvalue weighted by molar-refractivity contribution is -0.115. The van der Waals surface area contributed by atoms with Gasteiger partial charge in [0.1, 0.15) is 17.2 Å². The van der Waals surface area contributed by atoms with Crippen LogP contribution in [0.5, 0.6) is 0 Å². The van der Waals surface area contributed by atoms with Gasteiger partial charge in [-0.15, -0.1) is 0 Å². The number of carbonyl (C=O) groups is 2. The zero-order valence-electron chi connectivity index (χ0n) is 14.6. The number of nitrogens with zero attached hydrogens (tertiary/aromatic N) is 4. The van der Waals surface area contributed by atoms with E-state index in [0.717, 1.165) is 4.57 Å². The summed E-state index contributed by atoms with van der Waals surface area (Å²) in [6.45, 7) is -0.287. The molecular weight excluding hydrogens is 352 g/mol. The van der Waals surface area contributed by atoms with Crippen molar-refractivity contribution in [1.82, 2.24) is 24.4 Å². The molecule has 0 saturated carbocycles. The van der Waals surface area contributed by atoms with Gasteiger partial charge in [-0.25, -0.2) is 14.8 Å². The number of aryl methyl sites for hydroxylation is 1. The summed E-state index contributed by atoms with van der Waals surface area (Å²) in [7, 11) is 2.82. The van der Waals surface area contributed by atoms with Gasteiger partial charge in [0, 0.05) is 20.3 Å². The second-order valence-corrected chi connectivity index (χ2v) is 5.72. The predicted octanol–water partition coefficient (Wildman–Crippen LogP) is -0.604. The number of aromatic nitrogens is 4. The molecule has 0 saturated heterocycles. The number of nitrogens with one attached hydrogen (secondary N) is 2. The molecular formula is C17H16N6O4. The van der Waals surface area contributed by atoms with Crippen LogP contribution in [-0.2, 0) is 18.9 Å². The molecule has 138 valence electrons. The van der Waals surface area contributed by atoms with E-state index in [9.17, 15) is 19.2 Å². The van der Waals surface area contributed by atoms with Gasteiger partial charge in [-0.05, 0) is 24.3 Å². The van der Waals surface area contributed by atoms with Crippen LogP contribution in [0.2, 0.25) is 0 Å². The SMILES string of the molecule is Cn1c(=O)c2ccc(C(=O)NCC(=O)Nc3ccccn3)nc2n(C)c1=O. The minimum atomic E-state index is -0.610. The van der Waals surface area contributed by atoms with Gasteiger partial charge in [0.15, 0.2) is 0 Å². The predicted molar refractivity (Wildman–Crippen MR) is 97.4 cm³/mol. The highest BCUT2D eigenvalue weighted by Gasteiger charge is 2.14. The van der Waals surface area contributed by atoms with Crippen molar-refractivity contribution in [2.24, 2.45) is 14.1 Å². The van der Waals surface area contributed by atoms with Crippen molar-refractivity contribution in [2.75, 3.05) is 11.9 Å². The van der Waals surface area contributed by atoms with Gasteiger partial charge in [0.25, 0.3) is 11.5 Å². The number of carbonyl (C=O) groups excluding carboxylic acids is 2. The van der Waals surface area contributed by atoms with E-state index in [0.29, 0.717) is 5.82 Å². The van der Waals surface area contributed by atoms with Crippen LogP contribution in [0, 0.1) is 0 Å². The molecule has 3 rings (SSSR count). The van der Waals surface area contributed by atoms with E-state index in [2.05, 4.69) is 20.6 Å². The van der Waals surface area contributed by atoms with Crippen LogP contribution in [0.4, 0.5) is 5.82 Å². The fraction of sp³-hybridized carbons (Fsp3) is 0.176. The average Bonchev–Trinajstić information content (AvgIpc) is 2.69. The fourth-order valence-electron chi connectivity index (χ4n) is 2.46. The van der Waals surface area contributed by atoms with Crippen LogP contribution in [0.15, 0.2) is 46.1 Å². The van der Waals surface area contributed by atoms with E-state index in [-0.39, 0.29) is 23.3 Å². The van der Waals surface area contributed by atoms with Crippen LogP contribution in [0.25, 0.3) is 11.0 Å². The Morgan fingerprint density at radius 2 is 1.85 bits per heavy atom. The summed E-state index contributed by atoms with van der Waals surface area (Å²) in [6.07, 6.45) is 1.53. The maximum atomic E-state index is 12.3. The molecule has 3 aromatic heterocycles. The standard InChI is InChI=1S/C17H16N6O4/c1-22-14-10(16(26)23(2)17(22)27)6-7-11(20-14)15(25)19-9-13(24)21-12-5-3-4-8-18-12/h3-8H,9H2,1-2H3,(H,19,25)(H,18,21,24). The smallest absolute Gasteiger partial charge is 0.332 e. The molecule has 3 aromatic rings. The number of hydrogen-bond donors (Lipinski definition) is 2. The normalized spacial score (nSPS) is 10.6. The van der Waals surface area contributed by atoms with Crippen LogP contribution >= 0.6 is 0 Å². The first kappa shape index (κ1) is 18.0. The van der Waals surface area contributed by atoms with Crippen molar-refractivity contribution in [3.63, 3.8) is 0 Å². The molecule has 10 nitrogen and oxygen atoms in total. The number of fused-ring (bicyclic) bond motifs is 1. The molecule has 3 heterocycles. The van der Waals surface area contributed by atoms with Crippen molar-refractivity contribution in [1.29, 1.82) is 0 Å². The van der Waals surface area contributed by atoms with Gasteiger partial charge in [0.2, 0.25) is 5.91 Å². The highest BCUT2D eigenvalue weighted by molar-refractivity contribution is 5.98. The van der Waals surface area contributed by atoms with Gasteiger partial charge in [-0.1, -0.05) is 6.07 Å². The van der Waals surface area contributed by atoms with E-state index in [1.165, 1.54) is 37.0 Å². The molecule has 0 atom stereocenters. The quantitative estimate of drug-likeness (QED) is 0.633. The van der Waals surface area contributed by atoms with Gasteiger partial charge >= 0.3 is 5.69 Å². The van der Waals surface area contributed by atoms with Crippen molar-refractivity contribution < 1.29 is 9.59 Å². The Bertz CT molecular complexity index is 1150. The van der Waals surface area contributed by atoms with Crippen molar-refractivity contribution in [3.8, 4) is 0 Å². The van der Waals surface area contributed by atoms with E-state index in [4.69, 9.17) is 0 Å². The van der Waals surface area contributed by atoms with Gasteiger partial charge < -0.3 is 10.6 Å². The Morgan fingerprint density at radius 3 is 2.56 bits per heavy atom. The molecule has 2 amide bonds. The van der Waals surface area contributed by atoms with Crippen molar-refractivity contribution in [2.45, 2.75) is 0 Å². The van der Waals surface area contributed by atoms with Gasteiger partial charge in [-0.3, -0.25) is 23.5 Å². The zero-order valence-corrected chi connectivity index (χ0v) is 14.6. The molecule has 0 radical (unpaired) electrons. The Hall–Kier alpha value is -3.82. The number of amides is 2. The molecule has 2 N–H and O–H groups in total. The Morgan fingerprint density at radius 1 is 1.07 bits per heavy atom. The highest BCUT2D eigenvalue weighted by Crippen LogP contribution is 2.06. The molecule has 0 spiro atoms. The number of hydrogen-bond acceptors (Lipinski definition) is 6. The Balaban J connectivity index is 1.77. The number of anilines is 1. The summed E-state index contributed by atoms with van der Waals surface area (Å²) in [4.78, 5) is 56.3. The molecule has 0 aliphatic heterocycles. The third-order valence-corrected chi connectivity index (χ3v) is 3.88. The van der Waals surface area contributed by atoms with Crippen molar-refractivity contribution >= 4 is 28.7 Å². The lowest BCUT2D eigenvalue weighted by atomic mass is 10.2. The molecule has 0 fully saturated rings. The molecule has 27 heavy (non-hydrogen) atoms. The molecule has 0 bridgehead atoms. The molecule has 10 heteroatoms. The highest BCUT2D eigenvalue weighted by atomic mass is 16.2. The summed E-state index contributed by atoms with van der Waals surface area (Å²) in [5, 5.41) is 5.18. The summed E-state index contributed by atoms with van der Waals surface area (Å²) in [6, 6.07) is 7.83. The van der Waals surface area contributed by atoms with E-state index in [1.54, 1.807) is 18.2 Å². The third-order valence-electron chi connectivity index (χ3n) is 3.88. The second-order valence-electron chi connectivity index (χ2n) is 5.72. The summed E-state index contributed by atoms with van der Waals surface area (Å²) < 4.78 is 2.15. The lowest BCUT2D eigenvalue weighted by Gasteiger charge is -2.09. The summed E-state index contributed by atoms with van der Waals surface area (Å²) in [5.41, 5.74) is -0.973. The minimum Gasteiger partial charge on any atom is -0.342 e. The van der Waals surface area contributed by atoms with Gasteiger partial charge in [-0.2, -0.15) is 0 Å². The molecule has 0 aliphatic carbocycles. The molecule has 0 unspecified atom stereocenters. The van der Waals surface area contributed by atoms with Crippen LogP contribution < -0.4 is 21.9 Å². The Labute approximate surface area is 152 Å². The average molecular weight is 368 g/mol.